The molecule has 0 atom stereocenters. The molecule has 0 bridgehead atoms. The Morgan fingerprint density at radius 1 is 1.18 bits per heavy atom. The molecule has 13 heteroatoms. The van der Waals surface area contributed by atoms with Crippen LogP contribution in [0.25, 0.3) is 0 Å². The SMILES string of the molecule is CCOC(=O)c1sc(NC(=S)NCCCn2nc(C(F)(F)F)cc2C)c(C(=O)OCC)c1C. The van der Waals surface area contributed by atoms with Crippen LogP contribution in [-0.2, 0) is 22.2 Å². The average Bonchev–Trinajstić information content (AvgIpc) is 3.25. The Bertz CT molecular complexity index is 1020. The summed E-state index contributed by atoms with van der Waals surface area (Å²) in [5.41, 5.74) is 0.0995. The van der Waals surface area contributed by atoms with E-state index in [4.69, 9.17) is 21.7 Å². The molecule has 2 aromatic rings. The fourth-order valence-corrected chi connectivity index (χ4v) is 4.26. The average molecular weight is 507 g/mol. The third kappa shape index (κ3) is 6.90. The summed E-state index contributed by atoms with van der Waals surface area (Å²) >= 11 is 6.30. The number of halogens is 3. The van der Waals surface area contributed by atoms with Crippen LogP contribution in [0.15, 0.2) is 6.07 Å². The first kappa shape index (κ1) is 26.6. The Balaban J connectivity index is 2.01. The Morgan fingerprint density at radius 2 is 1.82 bits per heavy atom. The van der Waals surface area contributed by atoms with E-state index in [0.29, 0.717) is 29.2 Å². The topological polar surface area (TPSA) is 94.5 Å². The van der Waals surface area contributed by atoms with Crippen LogP contribution in [0.3, 0.4) is 0 Å². The molecule has 0 aliphatic heterocycles. The highest BCUT2D eigenvalue weighted by Gasteiger charge is 2.34. The Morgan fingerprint density at radius 3 is 2.39 bits per heavy atom. The van der Waals surface area contributed by atoms with Gasteiger partial charge < -0.3 is 20.1 Å². The summed E-state index contributed by atoms with van der Waals surface area (Å²) in [4.78, 5) is 24.9. The standard InChI is InChI=1S/C20H25F3N4O4S2/c1-5-30-17(28)14-12(4)15(18(29)31-6-2)33-16(14)25-19(32)24-8-7-9-27-11(3)10-13(26-27)20(21,22)23/h10H,5-9H2,1-4H3,(H2,24,25,32). The van der Waals surface area contributed by atoms with Gasteiger partial charge in [-0.2, -0.15) is 18.3 Å². The number of hydrogen-bond acceptors (Lipinski definition) is 7. The highest BCUT2D eigenvalue weighted by Crippen LogP contribution is 2.34. The number of ether oxygens (including phenoxy) is 2. The van der Waals surface area contributed by atoms with Crippen LogP contribution in [0.2, 0.25) is 0 Å². The van der Waals surface area contributed by atoms with Crippen molar-refractivity contribution in [2.75, 3.05) is 25.1 Å². The van der Waals surface area contributed by atoms with E-state index in [1.165, 1.54) is 4.68 Å². The predicted molar refractivity (Wildman–Crippen MR) is 122 cm³/mol. The molecule has 0 saturated carbocycles. The zero-order valence-electron chi connectivity index (χ0n) is 18.6. The zero-order chi connectivity index (χ0) is 24.8. The third-order valence-electron chi connectivity index (χ3n) is 4.42. The minimum atomic E-state index is -4.49. The van der Waals surface area contributed by atoms with Crippen molar-refractivity contribution in [3.05, 3.63) is 33.5 Å². The third-order valence-corrected chi connectivity index (χ3v) is 5.85. The predicted octanol–water partition coefficient (Wildman–Crippen LogP) is 4.31. The number of thiophene rings is 1. The van der Waals surface area contributed by atoms with Crippen molar-refractivity contribution in [1.29, 1.82) is 0 Å². The maximum absolute atomic E-state index is 12.8. The second-order valence-electron chi connectivity index (χ2n) is 6.83. The van der Waals surface area contributed by atoms with Crippen LogP contribution in [0.4, 0.5) is 18.2 Å². The molecule has 2 N–H and O–H groups in total. The van der Waals surface area contributed by atoms with Gasteiger partial charge in [0.15, 0.2) is 10.8 Å². The lowest BCUT2D eigenvalue weighted by atomic mass is 10.1. The van der Waals surface area contributed by atoms with E-state index < -0.39 is 23.8 Å². The van der Waals surface area contributed by atoms with E-state index >= 15 is 0 Å². The number of thiocarbonyl (C=S) groups is 1. The molecule has 0 saturated heterocycles. The first-order chi connectivity index (χ1) is 15.5. The van der Waals surface area contributed by atoms with Crippen LogP contribution in [0, 0.1) is 13.8 Å². The molecule has 0 aromatic carbocycles. The molecule has 0 amide bonds. The number of alkyl halides is 3. The number of carbonyl (C=O) groups is 2. The van der Waals surface area contributed by atoms with Gasteiger partial charge in [0.05, 0.1) is 18.8 Å². The lowest BCUT2D eigenvalue weighted by Gasteiger charge is -2.11. The first-order valence-electron chi connectivity index (χ1n) is 10.1. The molecule has 2 rings (SSSR count). The Labute approximate surface area is 198 Å². The second kappa shape index (κ2) is 11.5. The Kier molecular flexibility index (Phi) is 9.23. The number of nitrogens with zero attached hydrogens (tertiary/aromatic N) is 2. The number of aromatic nitrogens is 2. The van der Waals surface area contributed by atoms with Gasteiger partial charge >= 0.3 is 18.1 Å². The van der Waals surface area contributed by atoms with E-state index in [-0.39, 0.29) is 35.3 Å². The molecule has 2 heterocycles. The van der Waals surface area contributed by atoms with Crippen LogP contribution in [-0.4, -0.2) is 46.6 Å². The zero-order valence-corrected chi connectivity index (χ0v) is 20.2. The highest BCUT2D eigenvalue weighted by molar-refractivity contribution is 7.80. The molecule has 33 heavy (non-hydrogen) atoms. The number of rotatable bonds is 9. The molecule has 0 aliphatic rings. The molecule has 0 radical (unpaired) electrons. The number of nitrogens with one attached hydrogen (secondary N) is 2. The normalized spacial score (nSPS) is 11.2. The van der Waals surface area contributed by atoms with Gasteiger partial charge in [0.2, 0.25) is 0 Å². The van der Waals surface area contributed by atoms with E-state index in [0.717, 1.165) is 17.4 Å². The van der Waals surface area contributed by atoms with Crippen molar-refractivity contribution in [2.24, 2.45) is 0 Å². The maximum Gasteiger partial charge on any atom is 0.435 e. The van der Waals surface area contributed by atoms with E-state index in [1.807, 2.05) is 0 Å². The summed E-state index contributed by atoms with van der Waals surface area (Å²) < 4.78 is 49.7. The summed E-state index contributed by atoms with van der Waals surface area (Å²) in [5, 5.41) is 9.94. The van der Waals surface area contributed by atoms with Gasteiger partial charge in [-0.05, 0) is 58.0 Å². The van der Waals surface area contributed by atoms with E-state index in [1.54, 1.807) is 27.7 Å². The summed E-state index contributed by atoms with van der Waals surface area (Å²) in [6, 6.07) is 0.997. The molecule has 182 valence electrons. The van der Waals surface area contributed by atoms with Crippen LogP contribution < -0.4 is 10.6 Å². The van der Waals surface area contributed by atoms with Crippen LogP contribution in [0.5, 0.6) is 0 Å². The van der Waals surface area contributed by atoms with Crippen molar-refractivity contribution >= 4 is 45.6 Å². The molecular formula is C20H25F3N4O4S2. The molecule has 0 spiro atoms. The number of aryl methyl sites for hydroxylation is 2. The molecule has 2 aromatic heterocycles. The largest absolute Gasteiger partial charge is 0.462 e. The molecular weight excluding hydrogens is 481 g/mol. The van der Waals surface area contributed by atoms with Crippen molar-refractivity contribution < 1.29 is 32.2 Å². The Hall–Kier alpha value is -2.67. The van der Waals surface area contributed by atoms with Gasteiger partial charge in [-0.1, -0.05) is 0 Å². The minimum absolute atomic E-state index is 0.161. The van der Waals surface area contributed by atoms with E-state index in [9.17, 15) is 22.8 Å². The fraction of sp³-hybridized carbons (Fsp3) is 0.500. The van der Waals surface area contributed by atoms with Crippen molar-refractivity contribution in [2.45, 2.75) is 46.8 Å². The van der Waals surface area contributed by atoms with Crippen molar-refractivity contribution in [1.82, 2.24) is 15.1 Å². The number of anilines is 1. The summed E-state index contributed by atoms with van der Waals surface area (Å²) in [6.45, 7) is 7.48. The monoisotopic (exact) mass is 506 g/mol. The lowest BCUT2D eigenvalue weighted by molar-refractivity contribution is -0.141. The van der Waals surface area contributed by atoms with Gasteiger partial charge in [-0.3, -0.25) is 4.68 Å². The van der Waals surface area contributed by atoms with Gasteiger partial charge in [0.1, 0.15) is 9.88 Å². The first-order valence-corrected chi connectivity index (χ1v) is 11.4. The van der Waals surface area contributed by atoms with E-state index in [2.05, 4.69) is 15.7 Å². The summed E-state index contributed by atoms with van der Waals surface area (Å²) in [7, 11) is 0. The number of hydrogen-bond donors (Lipinski definition) is 2. The molecule has 0 fully saturated rings. The molecule has 0 aliphatic carbocycles. The number of esters is 2. The molecule has 8 nitrogen and oxygen atoms in total. The van der Waals surface area contributed by atoms with Crippen molar-refractivity contribution in [3.63, 3.8) is 0 Å². The smallest absolute Gasteiger partial charge is 0.435 e. The van der Waals surface area contributed by atoms with Gasteiger partial charge in [-0.15, -0.1) is 11.3 Å². The number of carbonyl (C=O) groups excluding carboxylic acids is 2. The molecule has 0 unspecified atom stereocenters. The van der Waals surface area contributed by atoms with Crippen LogP contribution >= 0.6 is 23.6 Å². The highest BCUT2D eigenvalue weighted by atomic mass is 32.1. The van der Waals surface area contributed by atoms with Gasteiger partial charge in [-0.25, -0.2) is 9.59 Å². The fourth-order valence-electron chi connectivity index (χ4n) is 2.90. The minimum Gasteiger partial charge on any atom is -0.462 e. The van der Waals surface area contributed by atoms with Crippen molar-refractivity contribution in [3.8, 4) is 0 Å². The lowest BCUT2D eigenvalue weighted by Crippen LogP contribution is -2.30. The van der Waals surface area contributed by atoms with Crippen LogP contribution in [0.1, 0.15) is 57.2 Å². The second-order valence-corrected chi connectivity index (χ2v) is 8.26. The van der Waals surface area contributed by atoms with Gasteiger partial charge in [0.25, 0.3) is 0 Å². The quantitative estimate of drug-likeness (QED) is 0.295. The summed E-state index contributed by atoms with van der Waals surface area (Å²) in [5.74, 6) is -1.15. The summed E-state index contributed by atoms with van der Waals surface area (Å²) in [6.07, 6.45) is -4.04. The maximum atomic E-state index is 12.8. The van der Waals surface area contributed by atoms with Gasteiger partial charge in [0, 0.05) is 18.8 Å².